The van der Waals surface area contributed by atoms with Gasteiger partial charge in [-0.2, -0.15) is 0 Å². The second kappa shape index (κ2) is 4.44. The van der Waals surface area contributed by atoms with Gasteiger partial charge in [0.2, 0.25) is 5.88 Å². The van der Waals surface area contributed by atoms with Crippen molar-refractivity contribution in [2.75, 3.05) is 5.73 Å². The van der Waals surface area contributed by atoms with E-state index < -0.39 is 4.92 Å². The van der Waals surface area contributed by atoms with Crippen molar-refractivity contribution >= 4 is 11.5 Å². The van der Waals surface area contributed by atoms with Crippen molar-refractivity contribution in [3.8, 4) is 11.6 Å². The Morgan fingerprint density at radius 1 is 1.29 bits per heavy atom. The number of nitrogens with zero attached hydrogens (tertiary/aromatic N) is 3. The van der Waals surface area contributed by atoms with Gasteiger partial charge in [-0.15, -0.1) is 0 Å². The van der Waals surface area contributed by atoms with Crippen LogP contribution in [-0.4, -0.2) is 14.9 Å². The summed E-state index contributed by atoms with van der Waals surface area (Å²) < 4.78 is 5.31. The second-order valence-corrected chi connectivity index (χ2v) is 3.14. The lowest BCUT2D eigenvalue weighted by atomic mass is 10.3. The molecule has 0 atom stereocenters. The monoisotopic (exact) mass is 232 g/mol. The number of anilines is 1. The third kappa shape index (κ3) is 2.65. The van der Waals surface area contributed by atoms with Gasteiger partial charge in [0.05, 0.1) is 11.0 Å². The maximum Gasteiger partial charge on any atom is 0.273 e. The number of nitro groups is 1. The molecule has 0 amide bonds. The van der Waals surface area contributed by atoms with Gasteiger partial charge in [0, 0.05) is 12.1 Å². The van der Waals surface area contributed by atoms with Crippen molar-refractivity contribution in [3.05, 3.63) is 46.8 Å². The third-order valence-electron chi connectivity index (χ3n) is 1.91. The lowest BCUT2D eigenvalue weighted by molar-refractivity contribution is -0.384. The van der Waals surface area contributed by atoms with E-state index in [9.17, 15) is 10.1 Å². The van der Waals surface area contributed by atoms with E-state index in [1.807, 2.05) is 0 Å². The Kier molecular flexibility index (Phi) is 2.82. The summed E-state index contributed by atoms with van der Waals surface area (Å²) in [7, 11) is 0. The predicted molar refractivity (Wildman–Crippen MR) is 59.6 cm³/mol. The Morgan fingerprint density at radius 3 is 2.82 bits per heavy atom. The molecule has 0 spiro atoms. The molecule has 1 heterocycles. The summed E-state index contributed by atoms with van der Waals surface area (Å²) in [6, 6.07) is 7.22. The minimum Gasteiger partial charge on any atom is -0.439 e. The van der Waals surface area contributed by atoms with Crippen molar-refractivity contribution < 1.29 is 9.66 Å². The number of aromatic nitrogens is 2. The summed E-state index contributed by atoms with van der Waals surface area (Å²) in [5.74, 6) is 0.815. The average molecular weight is 232 g/mol. The number of hydrogen-bond acceptors (Lipinski definition) is 6. The fourth-order valence-electron chi connectivity index (χ4n) is 1.19. The topological polar surface area (TPSA) is 104 Å². The molecule has 0 saturated carbocycles. The van der Waals surface area contributed by atoms with Crippen molar-refractivity contribution in [3.63, 3.8) is 0 Å². The molecule has 7 heteroatoms. The third-order valence-corrected chi connectivity index (χ3v) is 1.91. The summed E-state index contributed by atoms with van der Waals surface area (Å²) in [4.78, 5) is 17.6. The first-order valence-electron chi connectivity index (χ1n) is 4.65. The highest BCUT2D eigenvalue weighted by Crippen LogP contribution is 2.23. The van der Waals surface area contributed by atoms with Crippen LogP contribution >= 0.6 is 0 Å². The van der Waals surface area contributed by atoms with E-state index in [0.29, 0.717) is 5.75 Å². The molecule has 1 aromatic carbocycles. The van der Waals surface area contributed by atoms with Gasteiger partial charge >= 0.3 is 0 Å². The number of nitrogens with two attached hydrogens (primary N) is 1. The first-order chi connectivity index (χ1) is 8.15. The maximum atomic E-state index is 10.6. The molecule has 0 saturated heterocycles. The molecule has 0 bridgehead atoms. The van der Waals surface area contributed by atoms with Crippen molar-refractivity contribution in [2.45, 2.75) is 0 Å². The van der Waals surface area contributed by atoms with Gasteiger partial charge in [0.1, 0.15) is 17.9 Å². The fourth-order valence-corrected chi connectivity index (χ4v) is 1.19. The largest absolute Gasteiger partial charge is 0.439 e. The number of hydrogen-bond donors (Lipinski definition) is 1. The van der Waals surface area contributed by atoms with E-state index in [2.05, 4.69) is 9.97 Å². The fraction of sp³-hybridized carbons (Fsp3) is 0. The molecule has 2 aromatic rings. The number of benzene rings is 1. The van der Waals surface area contributed by atoms with E-state index in [1.165, 1.54) is 30.6 Å². The van der Waals surface area contributed by atoms with Gasteiger partial charge in [-0.1, -0.05) is 6.07 Å². The molecule has 17 heavy (non-hydrogen) atoms. The van der Waals surface area contributed by atoms with Crippen LogP contribution in [0.4, 0.5) is 11.5 Å². The van der Waals surface area contributed by atoms with Crippen LogP contribution in [0, 0.1) is 10.1 Å². The molecule has 0 aliphatic heterocycles. The molecular formula is C10H8N4O3. The van der Waals surface area contributed by atoms with E-state index in [4.69, 9.17) is 10.5 Å². The van der Waals surface area contributed by atoms with Crippen LogP contribution in [0.5, 0.6) is 11.6 Å². The molecule has 0 fully saturated rings. The smallest absolute Gasteiger partial charge is 0.273 e. The lowest BCUT2D eigenvalue weighted by Crippen LogP contribution is -1.94. The molecule has 86 valence electrons. The minimum absolute atomic E-state index is 0.0514. The van der Waals surface area contributed by atoms with Crippen LogP contribution < -0.4 is 10.5 Å². The Labute approximate surface area is 96.0 Å². The van der Waals surface area contributed by atoms with Gasteiger partial charge in [-0.05, 0) is 6.07 Å². The van der Waals surface area contributed by atoms with Crippen LogP contribution in [0.15, 0.2) is 36.7 Å². The molecule has 1 aromatic heterocycles. The van der Waals surface area contributed by atoms with Gasteiger partial charge in [-0.25, -0.2) is 9.97 Å². The average Bonchev–Trinajstić information content (AvgIpc) is 2.29. The maximum absolute atomic E-state index is 10.6. The molecule has 2 rings (SSSR count). The molecule has 0 unspecified atom stereocenters. The zero-order valence-corrected chi connectivity index (χ0v) is 8.61. The normalized spacial score (nSPS) is 9.88. The lowest BCUT2D eigenvalue weighted by Gasteiger charge is -2.03. The summed E-state index contributed by atoms with van der Waals surface area (Å²) in [5, 5.41) is 10.6. The molecule has 2 N–H and O–H groups in total. The van der Waals surface area contributed by atoms with Crippen LogP contribution in [-0.2, 0) is 0 Å². The summed E-state index contributed by atoms with van der Waals surface area (Å²) in [6.45, 7) is 0. The van der Waals surface area contributed by atoms with E-state index in [0.717, 1.165) is 0 Å². The highest BCUT2D eigenvalue weighted by atomic mass is 16.6. The molecule has 0 aliphatic carbocycles. The van der Waals surface area contributed by atoms with Gasteiger partial charge in [0.25, 0.3) is 5.69 Å². The van der Waals surface area contributed by atoms with Crippen LogP contribution in [0.2, 0.25) is 0 Å². The number of non-ortho nitro benzene ring substituents is 1. The zero-order chi connectivity index (χ0) is 12.3. The Morgan fingerprint density at radius 2 is 2.12 bits per heavy atom. The number of nitrogen functional groups attached to an aromatic ring is 1. The Balaban J connectivity index is 2.24. The predicted octanol–water partition coefficient (Wildman–Crippen LogP) is 1.76. The van der Waals surface area contributed by atoms with E-state index in [-0.39, 0.29) is 17.4 Å². The number of ether oxygens (including phenoxy) is 1. The minimum atomic E-state index is -0.499. The quantitative estimate of drug-likeness (QED) is 0.638. The number of nitro benzene ring substituents is 1. The Hall–Kier alpha value is -2.70. The first kappa shape index (κ1) is 10.8. The van der Waals surface area contributed by atoms with Crippen molar-refractivity contribution in [1.29, 1.82) is 0 Å². The van der Waals surface area contributed by atoms with Crippen LogP contribution in [0.25, 0.3) is 0 Å². The van der Waals surface area contributed by atoms with E-state index >= 15 is 0 Å². The van der Waals surface area contributed by atoms with Crippen LogP contribution in [0.3, 0.4) is 0 Å². The molecule has 0 aliphatic rings. The van der Waals surface area contributed by atoms with Crippen molar-refractivity contribution in [2.24, 2.45) is 0 Å². The van der Waals surface area contributed by atoms with Crippen LogP contribution in [0.1, 0.15) is 0 Å². The van der Waals surface area contributed by atoms with Gasteiger partial charge in [0.15, 0.2) is 0 Å². The highest BCUT2D eigenvalue weighted by molar-refractivity contribution is 5.40. The van der Waals surface area contributed by atoms with Crippen molar-refractivity contribution in [1.82, 2.24) is 9.97 Å². The number of rotatable bonds is 3. The Bertz CT molecular complexity index is 559. The summed E-state index contributed by atoms with van der Waals surface area (Å²) >= 11 is 0. The SMILES string of the molecule is Nc1cc(Oc2cccc([N+](=O)[O-])c2)ncn1. The standard InChI is InChI=1S/C10H8N4O3/c11-9-5-10(13-6-12-9)17-8-3-1-2-7(4-8)14(15)16/h1-6H,(H2,11,12,13). The molecular weight excluding hydrogens is 224 g/mol. The summed E-state index contributed by atoms with van der Waals surface area (Å²) in [5.41, 5.74) is 5.40. The van der Waals surface area contributed by atoms with Gasteiger partial charge in [-0.3, -0.25) is 10.1 Å². The molecule has 0 radical (unpaired) electrons. The first-order valence-corrected chi connectivity index (χ1v) is 4.65. The van der Waals surface area contributed by atoms with Gasteiger partial charge < -0.3 is 10.5 Å². The summed E-state index contributed by atoms with van der Waals surface area (Å²) in [6.07, 6.45) is 1.25. The van der Waals surface area contributed by atoms with E-state index in [1.54, 1.807) is 6.07 Å². The second-order valence-electron chi connectivity index (χ2n) is 3.14. The highest BCUT2D eigenvalue weighted by Gasteiger charge is 2.07. The zero-order valence-electron chi connectivity index (χ0n) is 8.61. The molecule has 7 nitrogen and oxygen atoms in total.